The van der Waals surface area contributed by atoms with Crippen molar-refractivity contribution < 1.29 is 14.3 Å². The molecule has 0 saturated carbocycles. The van der Waals surface area contributed by atoms with E-state index in [9.17, 15) is 4.79 Å². The number of carbonyl (C=O) groups is 1. The number of hydrogen-bond acceptors (Lipinski definition) is 4. The highest BCUT2D eigenvalue weighted by Crippen LogP contribution is 2.31. The van der Waals surface area contributed by atoms with Crippen LogP contribution in [-0.4, -0.2) is 31.7 Å². The Morgan fingerprint density at radius 1 is 1.30 bits per heavy atom. The van der Waals surface area contributed by atoms with E-state index in [2.05, 4.69) is 5.32 Å². The summed E-state index contributed by atoms with van der Waals surface area (Å²) in [6, 6.07) is 5.90. The number of hydrogen-bond donors (Lipinski definition) is 2. The lowest BCUT2D eigenvalue weighted by Crippen LogP contribution is -2.39. The van der Waals surface area contributed by atoms with Gasteiger partial charge in [-0.3, -0.25) is 4.79 Å². The lowest BCUT2D eigenvalue weighted by Gasteiger charge is -2.20. The summed E-state index contributed by atoms with van der Waals surface area (Å²) >= 11 is 0. The average Bonchev–Trinajstić information content (AvgIpc) is 2.43. The van der Waals surface area contributed by atoms with E-state index in [4.69, 9.17) is 15.2 Å². The minimum Gasteiger partial charge on any atom is -0.486 e. The van der Waals surface area contributed by atoms with Crippen molar-refractivity contribution in [2.24, 2.45) is 11.7 Å². The second-order valence-corrected chi connectivity index (χ2v) is 5.28. The van der Waals surface area contributed by atoms with Gasteiger partial charge in [0.25, 0.3) is 0 Å². The average molecular weight is 278 g/mol. The number of fused-ring (bicyclic) bond motifs is 1. The van der Waals surface area contributed by atoms with E-state index in [1.54, 1.807) is 0 Å². The van der Waals surface area contributed by atoms with Crippen molar-refractivity contribution in [1.29, 1.82) is 0 Å². The Labute approximate surface area is 119 Å². The molecule has 0 aromatic heterocycles. The van der Waals surface area contributed by atoms with Crippen molar-refractivity contribution >= 4 is 5.91 Å². The molecule has 1 unspecified atom stereocenters. The molecule has 1 amide bonds. The summed E-state index contributed by atoms with van der Waals surface area (Å²) in [5.74, 6) is 1.28. The third kappa shape index (κ3) is 3.63. The van der Waals surface area contributed by atoms with Gasteiger partial charge < -0.3 is 20.5 Å². The molecule has 3 N–H and O–H groups in total. The van der Waals surface area contributed by atoms with Crippen LogP contribution in [0.4, 0.5) is 0 Å². The molecule has 5 nitrogen and oxygen atoms in total. The maximum atomic E-state index is 12.0. The molecule has 1 heterocycles. The Morgan fingerprint density at radius 2 is 2.00 bits per heavy atom. The fourth-order valence-electron chi connectivity index (χ4n) is 2.18. The molecule has 1 aromatic rings. The maximum absolute atomic E-state index is 12.0. The number of nitrogens with two attached hydrogens (primary N) is 1. The van der Waals surface area contributed by atoms with Gasteiger partial charge in [0.2, 0.25) is 5.91 Å². The van der Waals surface area contributed by atoms with Crippen LogP contribution in [-0.2, 0) is 11.2 Å². The van der Waals surface area contributed by atoms with E-state index in [1.807, 2.05) is 32.0 Å². The molecule has 5 heteroatoms. The SMILES string of the molecule is CC(C)NC(=O)C(CN)Cc1ccc2c(c1)OCCO2. The van der Waals surface area contributed by atoms with Gasteiger partial charge in [-0.1, -0.05) is 6.07 Å². The monoisotopic (exact) mass is 278 g/mol. The molecule has 0 fully saturated rings. The van der Waals surface area contributed by atoms with Gasteiger partial charge in [-0.15, -0.1) is 0 Å². The number of benzene rings is 1. The first-order valence-electron chi connectivity index (χ1n) is 6.99. The third-order valence-electron chi connectivity index (χ3n) is 3.17. The van der Waals surface area contributed by atoms with E-state index in [-0.39, 0.29) is 17.9 Å². The Hall–Kier alpha value is -1.75. The molecular formula is C15H22N2O3. The minimum absolute atomic E-state index is 0.00242. The summed E-state index contributed by atoms with van der Waals surface area (Å²) in [5.41, 5.74) is 6.75. The fraction of sp³-hybridized carbons (Fsp3) is 0.533. The molecular weight excluding hydrogens is 256 g/mol. The quantitative estimate of drug-likeness (QED) is 0.846. The predicted octanol–water partition coefficient (Wildman–Crippen LogP) is 1.10. The van der Waals surface area contributed by atoms with Crippen molar-refractivity contribution in [3.63, 3.8) is 0 Å². The number of rotatable bonds is 5. The molecule has 1 aliphatic heterocycles. The second kappa shape index (κ2) is 6.61. The standard InChI is InChI=1S/C15H22N2O3/c1-10(2)17-15(18)12(9-16)7-11-3-4-13-14(8-11)20-6-5-19-13/h3-4,8,10,12H,5-7,9,16H2,1-2H3,(H,17,18). The Balaban J connectivity index is 2.05. The molecule has 0 spiro atoms. The third-order valence-corrected chi connectivity index (χ3v) is 3.17. The highest BCUT2D eigenvalue weighted by molar-refractivity contribution is 5.79. The van der Waals surface area contributed by atoms with E-state index < -0.39 is 0 Å². The zero-order chi connectivity index (χ0) is 14.5. The summed E-state index contributed by atoms with van der Waals surface area (Å²) in [6.45, 7) is 5.34. The van der Waals surface area contributed by atoms with Gasteiger partial charge in [0.15, 0.2) is 11.5 Å². The van der Waals surface area contributed by atoms with Gasteiger partial charge in [0, 0.05) is 12.6 Å². The fourth-order valence-corrected chi connectivity index (χ4v) is 2.18. The summed E-state index contributed by atoms with van der Waals surface area (Å²) in [5, 5.41) is 2.90. The van der Waals surface area contributed by atoms with Gasteiger partial charge in [0.1, 0.15) is 13.2 Å². The van der Waals surface area contributed by atoms with Crippen molar-refractivity contribution in [2.45, 2.75) is 26.3 Å². The lowest BCUT2D eigenvalue weighted by molar-refractivity contribution is -0.125. The Kier molecular flexibility index (Phi) is 4.84. The van der Waals surface area contributed by atoms with Crippen LogP contribution in [0.25, 0.3) is 0 Å². The van der Waals surface area contributed by atoms with Gasteiger partial charge in [0.05, 0.1) is 5.92 Å². The lowest BCUT2D eigenvalue weighted by atomic mass is 9.98. The van der Waals surface area contributed by atoms with E-state index >= 15 is 0 Å². The van der Waals surface area contributed by atoms with Crippen molar-refractivity contribution in [2.75, 3.05) is 19.8 Å². The smallest absolute Gasteiger partial charge is 0.224 e. The molecule has 0 radical (unpaired) electrons. The first-order valence-corrected chi connectivity index (χ1v) is 6.99. The number of ether oxygens (including phenoxy) is 2. The largest absolute Gasteiger partial charge is 0.486 e. The van der Waals surface area contributed by atoms with Crippen LogP contribution in [0.3, 0.4) is 0 Å². The van der Waals surface area contributed by atoms with Gasteiger partial charge in [-0.05, 0) is 38.0 Å². The zero-order valence-electron chi connectivity index (χ0n) is 12.0. The van der Waals surface area contributed by atoms with Gasteiger partial charge >= 0.3 is 0 Å². The summed E-state index contributed by atoms with van der Waals surface area (Å²) in [4.78, 5) is 12.0. The van der Waals surface area contributed by atoms with Crippen molar-refractivity contribution in [3.05, 3.63) is 23.8 Å². The predicted molar refractivity (Wildman–Crippen MR) is 77.0 cm³/mol. The van der Waals surface area contributed by atoms with Crippen molar-refractivity contribution in [3.8, 4) is 11.5 Å². The second-order valence-electron chi connectivity index (χ2n) is 5.28. The number of amides is 1. The molecule has 20 heavy (non-hydrogen) atoms. The molecule has 0 bridgehead atoms. The normalized spacial score (nSPS) is 15.0. The zero-order valence-corrected chi connectivity index (χ0v) is 12.0. The van der Waals surface area contributed by atoms with Gasteiger partial charge in [-0.2, -0.15) is 0 Å². The van der Waals surface area contributed by atoms with Crippen LogP contribution in [0.15, 0.2) is 18.2 Å². The molecule has 1 aliphatic rings. The molecule has 2 rings (SSSR count). The molecule has 1 atom stereocenters. The Morgan fingerprint density at radius 3 is 2.65 bits per heavy atom. The highest BCUT2D eigenvalue weighted by atomic mass is 16.6. The van der Waals surface area contributed by atoms with Crippen LogP contribution >= 0.6 is 0 Å². The molecule has 0 aliphatic carbocycles. The van der Waals surface area contributed by atoms with Crippen LogP contribution in [0.5, 0.6) is 11.5 Å². The van der Waals surface area contributed by atoms with E-state index in [0.29, 0.717) is 26.2 Å². The molecule has 110 valence electrons. The van der Waals surface area contributed by atoms with Crippen LogP contribution in [0.1, 0.15) is 19.4 Å². The summed E-state index contributed by atoms with van der Waals surface area (Å²) in [7, 11) is 0. The topological polar surface area (TPSA) is 73.6 Å². The van der Waals surface area contributed by atoms with E-state index in [1.165, 1.54) is 0 Å². The van der Waals surface area contributed by atoms with Crippen LogP contribution in [0, 0.1) is 5.92 Å². The van der Waals surface area contributed by atoms with Crippen molar-refractivity contribution in [1.82, 2.24) is 5.32 Å². The Bertz CT molecular complexity index is 474. The maximum Gasteiger partial charge on any atom is 0.224 e. The van der Waals surface area contributed by atoms with Gasteiger partial charge in [-0.25, -0.2) is 0 Å². The minimum atomic E-state index is -0.222. The highest BCUT2D eigenvalue weighted by Gasteiger charge is 2.19. The molecule has 0 saturated heterocycles. The van der Waals surface area contributed by atoms with E-state index in [0.717, 1.165) is 17.1 Å². The summed E-state index contributed by atoms with van der Waals surface area (Å²) < 4.78 is 11.0. The number of nitrogens with one attached hydrogen (secondary N) is 1. The number of carbonyl (C=O) groups excluding carboxylic acids is 1. The van der Waals surface area contributed by atoms with Crippen LogP contribution in [0.2, 0.25) is 0 Å². The van der Waals surface area contributed by atoms with Crippen LogP contribution < -0.4 is 20.5 Å². The first kappa shape index (κ1) is 14.7. The summed E-state index contributed by atoms with van der Waals surface area (Å²) in [6.07, 6.45) is 0.603. The first-order chi connectivity index (χ1) is 9.60. The molecule has 1 aromatic carbocycles.